The van der Waals surface area contributed by atoms with E-state index in [1.54, 1.807) is 6.07 Å². The lowest BCUT2D eigenvalue weighted by Gasteiger charge is -2.32. The van der Waals surface area contributed by atoms with Gasteiger partial charge in [0.2, 0.25) is 16.0 Å². The smallest absolute Gasteiger partial charge is 0.368 e. The van der Waals surface area contributed by atoms with Gasteiger partial charge in [-0.15, -0.1) is 0 Å². The Morgan fingerprint density at radius 2 is 1.86 bits per heavy atom. The van der Waals surface area contributed by atoms with Gasteiger partial charge in [0.1, 0.15) is 0 Å². The average molecular weight is 546 g/mol. The number of nitrogens with one attached hydrogen (secondary N) is 1. The molecule has 0 unspecified atom stereocenters. The third kappa shape index (κ3) is 6.20. The van der Waals surface area contributed by atoms with Gasteiger partial charge in [0.25, 0.3) is 0 Å². The summed E-state index contributed by atoms with van der Waals surface area (Å²) in [5.41, 5.74) is 5.86. The minimum atomic E-state index is -4.66. The Hall–Kier alpha value is -3.04. The zero-order chi connectivity index (χ0) is 26.1. The van der Waals surface area contributed by atoms with Crippen LogP contribution in [0.3, 0.4) is 0 Å². The summed E-state index contributed by atoms with van der Waals surface area (Å²) in [6.45, 7) is 3.04. The molecule has 1 aliphatic rings. The highest BCUT2D eigenvalue weighted by molar-refractivity contribution is 7.92. The molecule has 3 heterocycles. The fourth-order valence-electron chi connectivity index (χ4n) is 3.56. The highest BCUT2D eigenvalue weighted by Crippen LogP contribution is 2.42. The lowest BCUT2D eigenvalue weighted by atomic mass is 10.1. The van der Waals surface area contributed by atoms with Gasteiger partial charge in [-0.2, -0.15) is 13.2 Å². The minimum Gasteiger partial charge on any atom is -0.368 e. The third-order valence-corrected chi connectivity index (χ3v) is 7.88. The second kappa shape index (κ2) is 10.1. The summed E-state index contributed by atoms with van der Waals surface area (Å²) in [7, 11) is -2.44. The van der Waals surface area contributed by atoms with Gasteiger partial charge < -0.3 is 15.5 Å². The molecule has 0 amide bonds. The summed E-state index contributed by atoms with van der Waals surface area (Å²) in [6.07, 6.45) is -4.76. The van der Waals surface area contributed by atoms with E-state index in [4.69, 9.17) is 5.73 Å². The normalized spacial score (nSPS) is 15.3. The van der Waals surface area contributed by atoms with E-state index in [9.17, 15) is 21.6 Å². The first-order chi connectivity index (χ1) is 16.9. The topological polar surface area (TPSA) is 117 Å². The summed E-state index contributed by atoms with van der Waals surface area (Å²) >= 11 is 1.28. The number of sulfonamides is 1. The Labute approximate surface area is 209 Å². The third-order valence-electron chi connectivity index (χ3n) is 5.47. The summed E-state index contributed by atoms with van der Waals surface area (Å²) < 4.78 is 79.4. The molecule has 1 saturated heterocycles. The number of nitrogens with zero attached hydrogens (tertiary/aromatic N) is 5. The molecule has 0 radical (unpaired) electrons. The van der Waals surface area contributed by atoms with Crippen LogP contribution >= 0.6 is 11.3 Å². The zero-order valence-electron chi connectivity index (χ0n) is 19.1. The second-order valence-electron chi connectivity index (χ2n) is 8.22. The summed E-state index contributed by atoms with van der Waals surface area (Å²) in [4.78, 5) is 17.5. The van der Waals surface area contributed by atoms with Gasteiger partial charge in [-0.1, -0.05) is 17.4 Å². The average Bonchev–Trinajstić information content (AvgIpc) is 3.24. The molecule has 1 fully saturated rings. The standard InChI is InChI=1S/C21H23F4N7O2S2/c1-31-8-10-32(11-9-31)20-29-17(18(35-20)15-5-7-27-19(26)28-15)13-3-2-4-14(16(13)22)30-36(33,34)12-6-21(23,24)25/h2-5,7,30H,6,8-12H2,1H3,(H2,26,27,28). The molecule has 9 nitrogen and oxygen atoms in total. The fraction of sp³-hybridized carbons (Fsp3) is 0.381. The molecule has 4 rings (SSSR count). The van der Waals surface area contributed by atoms with E-state index in [2.05, 4.69) is 24.8 Å². The van der Waals surface area contributed by atoms with Crippen molar-refractivity contribution >= 4 is 38.1 Å². The molecule has 2 aromatic heterocycles. The predicted molar refractivity (Wildman–Crippen MR) is 131 cm³/mol. The highest BCUT2D eigenvalue weighted by Gasteiger charge is 2.31. The number of nitrogen functional groups attached to an aromatic ring is 1. The van der Waals surface area contributed by atoms with E-state index in [0.717, 1.165) is 19.2 Å². The summed E-state index contributed by atoms with van der Waals surface area (Å²) in [5.74, 6) is -2.18. The first-order valence-corrected chi connectivity index (χ1v) is 13.3. The number of benzene rings is 1. The van der Waals surface area contributed by atoms with E-state index in [0.29, 0.717) is 28.8 Å². The molecular weight excluding hydrogens is 522 g/mol. The number of halogens is 4. The fourth-order valence-corrected chi connectivity index (χ4v) is 5.76. The first kappa shape index (κ1) is 26.0. The van der Waals surface area contributed by atoms with Crippen LogP contribution in [-0.2, 0) is 10.0 Å². The number of likely N-dealkylation sites (N-methyl/N-ethyl adjacent to an activating group) is 1. The molecule has 3 aromatic rings. The number of anilines is 3. The molecule has 0 atom stereocenters. The molecule has 0 spiro atoms. The molecular formula is C21H23F4N7O2S2. The number of hydrogen-bond acceptors (Lipinski definition) is 9. The van der Waals surface area contributed by atoms with Crippen LogP contribution in [0.15, 0.2) is 30.5 Å². The Bertz CT molecular complexity index is 1340. The number of aromatic nitrogens is 3. The molecule has 0 bridgehead atoms. The van der Waals surface area contributed by atoms with Gasteiger partial charge in [-0.3, -0.25) is 4.72 Å². The van der Waals surface area contributed by atoms with Gasteiger partial charge in [-0.05, 0) is 25.2 Å². The number of nitrogens with two attached hydrogens (primary N) is 1. The summed E-state index contributed by atoms with van der Waals surface area (Å²) in [5, 5.41) is 0.626. The Morgan fingerprint density at radius 3 is 2.53 bits per heavy atom. The Morgan fingerprint density at radius 1 is 1.14 bits per heavy atom. The van der Waals surface area contributed by atoms with Crippen LogP contribution in [-0.4, -0.2) is 73.4 Å². The van der Waals surface area contributed by atoms with Crippen molar-refractivity contribution in [2.75, 3.05) is 54.3 Å². The van der Waals surface area contributed by atoms with Gasteiger partial charge >= 0.3 is 6.18 Å². The number of alkyl halides is 3. The van der Waals surface area contributed by atoms with Crippen LogP contribution in [0.1, 0.15) is 6.42 Å². The van der Waals surface area contributed by atoms with Crippen molar-refractivity contribution in [3.8, 4) is 21.8 Å². The van der Waals surface area contributed by atoms with Crippen LogP contribution in [0.25, 0.3) is 21.8 Å². The van der Waals surface area contributed by atoms with E-state index in [1.165, 1.54) is 29.7 Å². The van der Waals surface area contributed by atoms with Crippen molar-refractivity contribution in [2.24, 2.45) is 0 Å². The monoisotopic (exact) mass is 545 g/mol. The van der Waals surface area contributed by atoms with Crippen molar-refractivity contribution in [2.45, 2.75) is 12.6 Å². The van der Waals surface area contributed by atoms with Crippen LogP contribution < -0.4 is 15.4 Å². The van der Waals surface area contributed by atoms with E-state index in [-0.39, 0.29) is 17.2 Å². The van der Waals surface area contributed by atoms with E-state index < -0.39 is 39.9 Å². The molecule has 3 N–H and O–H groups in total. The van der Waals surface area contributed by atoms with Crippen molar-refractivity contribution in [3.05, 3.63) is 36.3 Å². The van der Waals surface area contributed by atoms with E-state index in [1.807, 2.05) is 11.8 Å². The lowest BCUT2D eigenvalue weighted by molar-refractivity contribution is -0.129. The molecule has 0 saturated carbocycles. The second-order valence-corrected chi connectivity index (χ2v) is 11.0. The van der Waals surface area contributed by atoms with Gasteiger partial charge in [0.05, 0.1) is 34.1 Å². The van der Waals surface area contributed by atoms with Gasteiger partial charge in [0, 0.05) is 37.9 Å². The van der Waals surface area contributed by atoms with Gasteiger partial charge in [0.15, 0.2) is 10.9 Å². The maximum atomic E-state index is 15.6. The molecule has 194 valence electrons. The first-order valence-electron chi connectivity index (χ1n) is 10.8. The minimum absolute atomic E-state index is 0.0136. The molecule has 15 heteroatoms. The van der Waals surface area contributed by atoms with Crippen molar-refractivity contribution in [1.29, 1.82) is 0 Å². The highest BCUT2D eigenvalue weighted by atomic mass is 32.2. The van der Waals surface area contributed by atoms with Crippen molar-refractivity contribution in [1.82, 2.24) is 19.9 Å². The van der Waals surface area contributed by atoms with Crippen LogP contribution in [0.4, 0.5) is 34.3 Å². The van der Waals surface area contributed by atoms with Crippen LogP contribution in [0.5, 0.6) is 0 Å². The molecule has 1 aromatic carbocycles. The predicted octanol–water partition coefficient (Wildman–Crippen LogP) is 3.43. The molecule has 0 aliphatic carbocycles. The Balaban J connectivity index is 1.73. The number of rotatable bonds is 7. The SMILES string of the molecule is CN1CCN(c2nc(-c3cccc(NS(=O)(=O)CCC(F)(F)F)c3F)c(-c3ccnc(N)n3)s2)CC1. The Kier molecular flexibility index (Phi) is 7.33. The van der Waals surface area contributed by atoms with Gasteiger partial charge in [-0.25, -0.2) is 27.8 Å². The van der Waals surface area contributed by atoms with Crippen molar-refractivity contribution < 1.29 is 26.0 Å². The quantitative estimate of drug-likeness (QED) is 0.434. The van der Waals surface area contributed by atoms with Crippen molar-refractivity contribution in [3.63, 3.8) is 0 Å². The number of hydrogen-bond donors (Lipinski definition) is 2. The van der Waals surface area contributed by atoms with Crippen LogP contribution in [0.2, 0.25) is 0 Å². The largest absolute Gasteiger partial charge is 0.390 e. The van der Waals surface area contributed by atoms with E-state index >= 15 is 4.39 Å². The maximum absolute atomic E-state index is 15.6. The zero-order valence-corrected chi connectivity index (χ0v) is 20.7. The maximum Gasteiger partial charge on any atom is 0.390 e. The lowest BCUT2D eigenvalue weighted by Crippen LogP contribution is -2.44. The van der Waals surface area contributed by atoms with Crippen LogP contribution in [0, 0.1) is 5.82 Å². The molecule has 1 aliphatic heterocycles. The number of thiazole rings is 1. The number of piperazine rings is 1. The summed E-state index contributed by atoms with van der Waals surface area (Å²) in [6, 6.07) is 5.55. The molecule has 36 heavy (non-hydrogen) atoms.